The number of benzene rings is 2. The van der Waals surface area contributed by atoms with Crippen molar-refractivity contribution >= 4 is 22.9 Å². The number of halogens is 1. The summed E-state index contributed by atoms with van der Waals surface area (Å²) in [7, 11) is 2.30. The number of nitrogens with zero attached hydrogens (tertiary/aromatic N) is 2. The molecule has 138 valence electrons. The van der Waals surface area contributed by atoms with E-state index in [4.69, 9.17) is 16.6 Å². The van der Waals surface area contributed by atoms with Gasteiger partial charge in [-0.2, -0.15) is 0 Å². The first-order chi connectivity index (χ1) is 13.2. The second kappa shape index (κ2) is 7.05. The van der Waals surface area contributed by atoms with Gasteiger partial charge in [0.25, 0.3) is 0 Å². The van der Waals surface area contributed by atoms with E-state index >= 15 is 0 Å². The van der Waals surface area contributed by atoms with Gasteiger partial charge in [0, 0.05) is 29.2 Å². The molecule has 5 rings (SSSR count). The predicted molar refractivity (Wildman–Crippen MR) is 114 cm³/mol. The van der Waals surface area contributed by atoms with Crippen molar-refractivity contribution < 1.29 is 0 Å². The van der Waals surface area contributed by atoms with Crippen molar-refractivity contribution in [2.75, 3.05) is 7.05 Å². The molecule has 4 heteroatoms. The van der Waals surface area contributed by atoms with Gasteiger partial charge in [-0.05, 0) is 55.5 Å². The second-order valence-corrected chi connectivity index (χ2v) is 9.31. The van der Waals surface area contributed by atoms with Crippen LogP contribution in [-0.2, 0) is 0 Å². The van der Waals surface area contributed by atoms with Crippen LogP contribution >= 0.6 is 22.9 Å². The Balaban J connectivity index is 1.54. The molecular formula is C23H23ClN2S. The highest BCUT2D eigenvalue weighted by atomic mass is 35.5. The zero-order valence-electron chi connectivity index (χ0n) is 15.4. The Morgan fingerprint density at radius 3 is 2.59 bits per heavy atom. The molecule has 3 aromatic rings. The van der Waals surface area contributed by atoms with Crippen molar-refractivity contribution in [2.24, 2.45) is 0 Å². The van der Waals surface area contributed by atoms with E-state index in [0.717, 1.165) is 5.02 Å². The number of thiazole rings is 1. The number of likely N-dealkylation sites (N-methyl/N-ethyl adjacent to an activating group) is 1. The lowest BCUT2D eigenvalue weighted by Gasteiger charge is -2.42. The number of rotatable bonds is 3. The van der Waals surface area contributed by atoms with E-state index in [-0.39, 0.29) is 0 Å². The standard InChI is InChI=1S/C23H23ClN2S/c1-26-18-11-12-20(26)22(19(13-18)15-7-9-17(24)10-8-15)23-25-14-21(27-23)16-5-3-2-4-6-16/h2-10,14,18-20,22H,11-13H2,1H3/t18?,19-,20?,22?/m1/s1. The fourth-order valence-corrected chi connectivity index (χ4v) is 6.31. The summed E-state index contributed by atoms with van der Waals surface area (Å²) in [4.78, 5) is 8.81. The van der Waals surface area contributed by atoms with E-state index < -0.39 is 0 Å². The molecule has 2 bridgehead atoms. The van der Waals surface area contributed by atoms with Gasteiger partial charge < -0.3 is 0 Å². The fourth-order valence-electron chi connectivity index (χ4n) is 5.03. The summed E-state index contributed by atoms with van der Waals surface area (Å²) in [6.45, 7) is 0. The van der Waals surface area contributed by atoms with Crippen LogP contribution in [0.1, 0.15) is 41.7 Å². The Hall–Kier alpha value is -1.68. The largest absolute Gasteiger partial charge is 0.300 e. The predicted octanol–water partition coefficient (Wildman–Crippen LogP) is 6.20. The normalized spacial score (nSPS) is 27.8. The summed E-state index contributed by atoms with van der Waals surface area (Å²) in [5.74, 6) is 0.975. The van der Waals surface area contributed by atoms with Crippen molar-refractivity contribution in [1.29, 1.82) is 0 Å². The molecule has 1 aromatic heterocycles. The Kier molecular flexibility index (Phi) is 4.55. The Morgan fingerprint density at radius 2 is 1.81 bits per heavy atom. The van der Waals surface area contributed by atoms with Gasteiger partial charge in [-0.3, -0.25) is 4.90 Å². The third-order valence-corrected chi connectivity index (χ3v) is 7.83. The number of fused-ring (bicyclic) bond motifs is 2. The van der Waals surface area contributed by atoms with Crippen molar-refractivity contribution in [3.8, 4) is 10.4 Å². The maximum absolute atomic E-state index is 6.15. The van der Waals surface area contributed by atoms with Crippen LogP contribution in [0.3, 0.4) is 0 Å². The molecule has 27 heavy (non-hydrogen) atoms. The highest BCUT2D eigenvalue weighted by molar-refractivity contribution is 7.15. The molecule has 2 nitrogen and oxygen atoms in total. The summed E-state index contributed by atoms with van der Waals surface area (Å²) < 4.78 is 0. The number of piperidine rings is 1. The lowest BCUT2D eigenvalue weighted by Crippen LogP contribution is -2.44. The molecule has 2 aliphatic rings. The van der Waals surface area contributed by atoms with Gasteiger partial charge in [0.2, 0.25) is 0 Å². The topological polar surface area (TPSA) is 16.1 Å². The lowest BCUT2D eigenvalue weighted by molar-refractivity contribution is 0.137. The van der Waals surface area contributed by atoms with Crippen LogP contribution in [0.25, 0.3) is 10.4 Å². The van der Waals surface area contributed by atoms with Crippen LogP contribution in [-0.4, -0.2) is 29.0 Å². The number of hydrogen-bond acceptors (Lipinski definition) is 3. The van der Waals surface area contributed by atoms with Crippen molar-refractivity contribution in [3.05, 3.63) is 76.4 Å². The highest BCUT2D eigenvalue weighted by Crippen LogP contribution is 2.52. The van der Waals surface area contributed by atoms with E-state index in [2.05, 4.69) is 60.6 Å². The molecule has 0 N–H and O–H groups in total. The maximum atomic E-state index is 6.15. The monoisotopic (exact) mass is 394 g/mol. The van der Waals surface area contributed by atoms with E-state index in [9.17, 15) is 0 Å². The van der Waals surface area contributed by atoms with Crippen molar-refractivity contribution in [2.45, 2.75) is 43.2 Å². The third kappa shape index (κ3) is 3.12. The molecule has 0 radical (unpaired) electrons. The van der Waals surface area contributed by atoms with Crippen LogP contribution in [0, 0.1) is 0 Å². The molecule has 3 unspecified atom stereocenters. The van der Waals surface area contributed by atoms with Gasteiger partial charge in [-0.25, -0.2) is 4.98 Å². The Morgan fingerprint density at radius 1 is 1.04 bits per heavy atom. The zero-order valence-corrected chi connectivity index (χ0v) is 17.0. The Labute approximate surface area is 169 Å². The average molecular weight is 395 g/mol. The summed E-state index contributed by atoms with van der Waals surface area (Å²) in [5, 5.41) is 2.10. The minimum atomic E-state index is 0.456. The summed E-state index contributed by atoms with van der Waals surface area (Å²) >= 11 is 8.02. The van der Waals surface area contributed by atoms with Crippen LogP contribution in [0.4, 0.5) is 0 Å². The van der Waals surface area contributed by atoms with Crippen molar-refractivity contribution in [1.82, 2.24) is 9.88 Å². The molecule has 0 amide bonds. The Bertz CT molecular complexity index is 921. The van der Waals surface area contributed by atoms with Crippen LogP contribution in [0.2, 0.25) is 5.02 Å². The van der Waals surface area contributed by atoms with Crippen LogP contribution in [0.5, 0.6) is 0 Å². The smallest absolute Gasteiger partial charge is 0.0983 e. The van der Waals surface area contributed by atoms with Gasteiger partial charge >= 0.3 is 0 Å². The molecule has 4 atom stereocenters. The van der Waals surface area contributed by atoms with Crippen LogP contribution < -0.4 is 0 Å². The first-order valence-electron chi connectivity index (χ1n) is 9.69. The second-order valence-electron chi connectivity index (χ2n) is 7.81. The van der Waals surface area contributed by atoms with Gasteiger partial charge in [0.05, 0.1) is 9.88 Å². The molecule has 2 aromatic carbocycles. The van der Waals surface area contributed by atoms with Crippen molar-refractivity contribution in [3.63, 3.8) is 0 Å². The van der Waals surface area contributed by atoms with Gasteiger partial charge in [-0.1, -0.05) is 54.1 Å². The fraction of sp³-hybridized carbons (Fsp3) is 0.348. The molecule has 3 heterocycles. The quantitative estimate of drug-likeness (QED) is 0.525. The summed E-state index contributed by atoms with van der Waals surface area (Å²) in [6, 6.07) is 20.4. The van der Waals surface area contributed by atoms with Gasteiger partial charge in [-0.15, -0.1) is 11.3 Å². The van der Waals surface area contributed by atoms with E-state index in [1.165, 1.54) is 40.3 Å². The molecule has 2 aliphatic heterocycles. The highest BCUT2D eigenvalue weighted by Gasteiger charge is 2.47. The van der Waals surface area contributed by atoms with E-state index in [1.807, 2.05) is 23.5 Å². The molecule has 2 saturated heterocycles. The lowest BCUT2D eigenvalue weighted by atomic mass is 9.76. The molecule has 0 saturated carbocycles. The molecule has 0 aliphatic carbocycles. The first kappa shape index (κ1) is 17.4. The van der Waals surface area contributed by atoms with E-state index in [1.54, 1.807) is 0 Å². The summed E-state index contributed by atoms with van der Waals surface area (Å²) in [5.41, 5.74) is 2.67. The maximum Gasteiger partial charge on any atom is 0.0983 e. The van der Waals surface area contributed by atoms with Gasteiger partial charge in [0.1, 0.15) is 0 Å². The molecule has 0 spiro atoms. The number of hydrogen-bond donors (Lipinski definition) is 0. The van der Waals surface area contributed by atoms with Crippen LogP contribution in [0.15, 0.2) is 60.8 Å². The third-order valence-electron chi connectivity index (χ3n) is 6.43. The minimum Gasteiger partial charge on any atom is -0.300 e. The number of aromatic nitrogens is 1. The van der Waals surface area contributed by atoms with Gasteiger partial charge in [0.15, 0.2) is 0 Å². The van der Waals surface area contributed by atoms with E-state index in [0.29, 0.717) is 23.9 Å². The summed E-state index contributed by atoms with van der Waals surface area (Å²) in [6.07, 6.45) is 5.85. The molecule has 2 fully saturated rings. The molecular weight excluding hydrogens is 372 g/mol. The SMILES string of the molecule is CN1C2CCC1C(c1ncc(-c3ccccc3)s1)[C@@H](c1ccc(Cl)cc1)C2. The average Bonchev–Trinajstić information content (AvgIpc) is 3.26. The minimum absolute atomic E-state index is 0.456. The first-order valence-corrected chi connectivity index (χ1v) is 10.9. The zero-order chi connectivity index (χ0) is 18.4.